The molecular weight excluding hydrogens is 230 g/mol. The van der Waals surface area contributed by atoms with Gasteiger partial charge in [-0.1, -0.05) is 6.08 Å². The van der Waals surface area contributed by atoms with Crippen LogP contribution in [0.15, 0.2) is 12.7 Å². The number of nitrogens with zero attached hydrogens (tertiary/aromatic N) is 1. The summed E-state index contributed by atoms with van der Waals surface area (Å²) in [6.45, 7) is 10.8. The third-order valence-electron chi connectivity index (χ3n) is 2.64. The molecule has 0 N–H and O–H groups in total. The highest BCUT2D eigenvalue weighted by Crippen LogP contribution is 2.05. The number of ether oxygens (including phenoxy) is 1. The summed E-state index contributed by atoms with van der Waals surface area (Å²) in [5, 5.41) is 0. The first-order valence-electron chi connectivity index (χ1n) is 5.29. The van der Waals surface area contributed by atoms with Crippen molar-refractivity contribution in [2.45, 2.75) is 6.92 Å². The van der Waals surface area contributed by atoms with Gasteiger partial charge in [0.25, 0.3) is 0 Å². The summed E-state index contributed by atoms with van der Waals surface area (Å²) in [5.74, 6) is -0.479. The molecule has 0 saturated carbocycles. The molecule has 16 heavy (non-hydrogen) atoms. The molecule has 0 amide bonds. The van der Waals surface area contributed by atoms with Gasteiger partial charge in [0.05, 0.1) is 42.7 Å². The van der Waals surface area contributed by atoms with Gasteiger partial charge in [-0.05, 0) is 6.92 Å². The highest BCUT2D eigenvalue weighted by atomic mass is 32.2. The molecule has 96 valence electrons. The zero-order valence-electron chi connectivity index (χ0n) is 10.0. The van der Waals surface area contributed by atoms with Crippen LogP contribution in [0.2, 0.25) is 0 Å². The molecule has 1 aliphatic heterocycles. The van der Waals surface area contributed by atoms with Crippen molar-refractivity contribution in [3.8, 4) is 0 Å². The molecule has 0 aromatic carbocycles. The normalized spacial score (nSPS) is 19.4. The maximum Gasteiger partial charge on any atom is 0.102 e. The van der Waals surface area contributed by atoms with E-state index in [9.17, 15) is 13.0 Å². The molecule has 1 rings (SSSR count). The van der Waals surface area contributed by atoms with Crippen LogP contribution in [0.4, 0.5) is 0 Å². The topological polar surface area (TPSA) is 66.4 Å². The van der Waals surface area contributed by atoms with E-state index in [0.717, 1.165) is 19.3 Å². The molecule has 0 aliphatic carbocycles. The van der Waals surface area contributed by atoms with E-state index in [2.05, 4.69) is 20.6 Å². The molecule has 0 aromatic rings. The number of morpholine rings is 1. The van der Waals surface area contributed by atoms with Crippen LogP contribution < -0.4 is 0 Å². The predicted molar refractivity (Wildman–Crippen MR) is 62.0 cm³/mol. The maximum absolute atomic E-state index is 9.60. The van der Waals surface area contributed by atoms with Gasteiger partial charge in [0.2, 0.25) is 0 Å². The fourth-order valence-corrected chi connectivity index (χ4v) is 1.53. The third-order valence-corrected chi connectivity index (χ3v) is 3.28. The van der Waals surface area contributed by atoms with Crippen LogP contribution in [0.3, 0.4) is 0 Å². The average Bonchev–Trinajstić information content (AvgIpc) is 2.18. The van der Waals surface area contributed by atoms with Crippen molar-refractivity contribution in [2.75, 3.05) is 45.6 Å². The lowest BCUT2D eigenvalue weighted by Crippen LogP contribution is -2.51. The average molecular weight is 251 g/mol. The lowest BCUT2D eigenvalue weighted by Gasteiger charge is -2.36. The third kappa shape index (κ3) is 7.81. The highest BCUT2D eigenvalue weighted by molar-refractivity contribution is 7.85. The van der Waals surface area contributed by atoms with Crippen molar-refractivity contribution in [3.63, 3.8) is 0 Å². The van der Waals surface area contributed by atoms with Crippen molar-refractivity contribution in [1.82, 2.24) is 0 Å². The van der Waals surface area contributed by atoms with Crippen LogP contribution in [-0.4, -0.2) is 63.1 Å². The summed E-state index contributed by atoms with van der Waals surface area (Å²) in [5.41, 5.74) is 0. The molecule has 1 aliphatic rings. The number of quaternary nitrogens is 1. The van der Waals surface area contributed by atoms with Gasteiger partial charge in [0, 0.05) is 0 Å². The molecule has 0 atom stereocenters. The van der Waals surface area contributed by atoms with Crippen LogP contribution in [-0.2, 0) is 14.9 Å². The van der Waals surface area contributed by atoms with Crippen LogP contribution in [0.5, 0.6) is 0 Å². The van der Waals surface area contributed by atoms with Crippen molar-refractivity contribution in [3.05, 3.63) is 12.7 Å². The molecule has 6 heteroatoms. The Morgan fingerprint density at radius 2 is 1.94 bits per heavy atom. The summed E-state index contributed by atoms with van der Waals surface area (Å²) in [4.78, 5) is 0. The zero-order valence-corrected chi connectivity index (χ0v) is 10.8. The fourth-order valence-electron chi connectivity index (χ4n) is 1.24. The summed E-state index contributed by atoms with van der Waals surface area (Å²) >= 11 is 0. The Balaban J connectivity index is 0.000000293. The first-order valence-corrected chi connectivity index (χ1v) is 6.86. The summed E-state index contributed by atoms with van der Waals surface area (Å²) in [7, 11) is -1.75. The second-order valence-corrected chi connectivity index (χ2v) is 5.46. The van der Waals surface area contributed by atoms with Crippen LogP contribution in [0.25, 0.3) is 0 Å². The summed E-state index contributed by atoms with van der Waals surface area (Å²) < 4.78 is 35.3. The number of likely N-dealkylation sites (N-methyl/N-ethyl adjacent to an activating group) is 1. The monoisotopic (exact) mass is 251 g/mol. The van der Waals surface area contributed by atoms with Gasteiger partial charge in [-0.15, -0.1) is 6.58 Å². The standard InChI is InChI=1S/C7H16NO.C3H6O3S/c1-3-8(2)4-6-9-7-5-8;1-2-3-7(4,5)6/h3-7H2,1-2H3;2H,1,3H2,(H,4,5,6)/q+1;/p-1. The second kappa shape index (κ2) is 7.01. The number of hydrogen-bond acceptors (Lipinski definition) is 4. The van der Waals surface area contributed by atoms with E-state index in [0.29, 0.717) is 0 Å². The lowest BCUT2D eigenvalue weighted by atomic mass is 10.3. The first-order chi connectivity index (χ1) is 7.33. The molecule has 0 bridgehead atoms. The van der Waals surface area contributed by atoms with Crippen molar-refractivity contribution < 1.29 is 22.2 Å². The number of rotatable bonds is 3. The minimum absolute atomic E-state index is 0.479. The molecule has 0 radical (unpaired) electrons. The SMILES string of the molecule is C=CCS(=O)(=O)[O-].CC[N+]1(C)CCOCC1. The smallest absolute Gasteiger partial charge is 0.102 e. The van der Waals surface area contributed by atoms with E-state index >= 15 is 0 Å². The van der Waals surface area contributed by atoms with Gasteiger partial charge in [0.15, 0.2) is 0 Å². The Kier molecular flexibility index (Phi) is 6.82. The molecule has 0 spiro atoms. The molecular formula is C10H21NO4S. The highest BCUT2D eigenvalue weighted by Gasteiger charge is 2.21. The van der Waals surface area contributed by atoms with E-state index in [4.69, 9.17) is 4.74 Å². The molecule has 1 fully saturated rings. The Morgan fingerprint density at radius 1 is 1.44 bits per heavy atom. The van der Waals surface area contributed by atoms with E-state index in [1.165, 1.54) is 24.1 Å². The minimum atomic E-state index is -4.04. The van der Waals surface area contributed by atoms with Gasteiger partial charge < -0.3 is 13.8 Å². The Hall–Kier alpha value is -0.430. The Morgan fingerprint density at radius 3 is 2.12 bits per heavy atom. The van der Waals surface area contributed by atoms with Crippen LogP contribution in [0.1, 0.15) is 6.92 Å². The van der Waals surface area contributed by atoms with Crippen molar-refractivity contribution in [2.24, 2.45) is 0 Å². The first kappa shape index (κ1) is 15.6. The lowest BCUT2D eigenvalue weighted by molar-refractivity contribution is -0.915. The van der Waals surface area contributed by atoms with E-state index in [1.807, 2.05) is 0 Å². The zero-order chi connectivity index (χ0) is 12.7. The summed E-state index contributed by atoms with van der Waals surface area (Å²) in [6, 6.07) is 0. The van der Waals surface area contributed by atoms with Gasteiger partial charge >= 0.3 is 0 Å². The Labute approximate surface area is 98.0 Å². The van der Waals surface area contributed by atoms with Gasteiger partial charge in [-0.25, -0.2) is 8.42 Å². The van der Waals surface area contributed by atoms with Gasteiger partial charge in [-0.2, -0.15) is 0 Å². The molecule has 5 nitrogen and oxygen atoms in total. The van der Waals surface area contributed by atoms with E-state index < -0.39 is 15.9 Å². The second-order valence-electron chi connectivity index (χ2n) is 4.01. The maximum atomic E-state index is 9.60. The molecule has 0 unspecified atom stereocenters. The van der Waals surface area contributed by atoms with E-state index in [-0.39, 0.29) is 0 Å². The molecule has 0 aromatic heterocycles. The quantitative estimate of drug-likeness (QED) is 0.408. The minimum Gasteiger partial charge on any atom is -0.748 e. The van der Waals surface area contributed by atoms with Crippen LogP contribution in [0, 0.1) is 0 Å². The molecule has 1 heterocycles. The van der Waals surface area contributed by atoms with Crippen molar-refractivity contribution in [1.29, 1.82) is 0 Å². The van der Waals surface area contributed by atoms with E-state index in [1.54, 1.807) is 0 Å². The predicted octanol–water partition coefficient (Wildman–Crippen LogP) is 0.201. The van der Waals surface area contributed by atoms with Gasteiger partial charge in [0.1, 0.15) is 13.1 Å². The largest absolute Gasteiger partial charge is 0.748 e. The van der Waals surface area contributed by atoms with Crippen molar-refractivity contribution >= 4 is 10.1 Å². The Bertz CT molecular complexity index is 294. The number of hydrogen-bond donors (Lipinski definition) is 0. The fraction of sp³-hybridized carbons (Fsp3) is 0.800. The van der Waals surface area contributed by atoms with Gasteiger partial charge in [-0.3, -0.25) is 0 Å². The molecule has 1 saturated heterocycles. The summed E-state index contributed by atoms with van der Waals surface area (Å²) in [6.07, 6.45) is 1.06. The van der Waals surface area contributed by atoms with Crippen LogP contribution >= 0.6 is 0 Å².